The van der Waals surface area contributed by atoms with Gasteiger partial charge in [-0.2, -0.15) is 5.10 Å². The Morgan fingerprint density at radius 2 is 1.92 bits per heavy atom. The van der Waals surface area contributed by atoms with Crippen molar-refractivity contribution in [3.05, 3.63) is 71.3 Å². The van der Waals surface area contributed by atoms with E-state index in [1.54, 1.807) is 12.3 Å². The lowest BCUT2D eigenvalue weighted by atomic mass is 10.1. The number of nitrogens with one attached hydrogen (secondary N) is 2. The molecule has 5 nitrogen and oxygen atoms in total. The van der Waals surface area contributed by atoms with E-state index in [1.165, 1.54) is 5.56 Å². The minimum absolute atomic E-state index is 0.157. The summed E-state index contributed by atoms with van der Waals surface area (Å²) in [5, 5.41) is 7.17. The van der Waals surface area contributed by atoms with Gasteiger partial charge in [-0.05, 0) is 49.6 Å². The van der Waals surface area contributed by atoms with Crippen molar-refractivity contribution in [2.24, 2.45) is 5.10 Å². The Kier molecular flexibility index (Phi) is 6.97. The van der Waals surface area contributed by atoms with Crippen LogP contribution in [0.3, 0.4) is 0 Å². The molecule has 2 rings (SSSR count). The molecule has 2 aromatic carbocycles. The topological polar surface area (TPSA) is 62.7 Å². The lowest BCUT2D eigenvalue weighted by Crippen LogP contribution is -2.26. The van der Waals surface area contributed by atoms with Crippen LogP contribution in [-0.2, 0) is 4.79 Å². The standard InChI is InChI=1S/C21H25N3O2/c1-5-9-26-19-8-6-7-18(12-19)13-23-24-20(25)14-22-21-16(3)10-15(2)11-17(21)4/h5-8,10-13,22H,1,9,14H2,2-4H3,(H,24,25)/b23-13-. The molecule has 136 valence electrons. The van der Waals surface area contributed by atoms with Crippen LogP contribution in [0.25, 0.3) is 0 Å². The highest BCUT2D eigenvalue weighted by Gasteiger charge is 2.05. The SMILES string of the molecule is C=CCOc1cccc(/C=N\NC(=O)CNc2c(C)cc(C)cc2C)c1. The molecule has 0 saturated carbocycles. The minimum atomic E-state index is -0.209. The van der Waals surface area contributed by atoms with Crippen LogP contribution < -0.4 is 15.5 Å². The quantitative estimate of drug-likeness (QED) is 0.433. The molecule has 0 spiro atoms. The predicted octanol–water partition coefficient (Wildman–Crippen LogP) is 3.74. The molecule has 2 N–H and O–H groups in total. The number of hydrazone groups is 1. The monoisotopic (exact) mass is 351 g/mol. The molecular formula is C21H25N3O2. The van der Waals surface area contributed by atoms with Gasteiger partial charge < -0.3 is 10.1 Å². The normalized spacial score (nSPS) is 10.6. The lowest BCUT2D eigenvalue weighted by molar-refractivity contribution is -0.119. The summed E-state index contributed by atoms with van der Waals surface area (Å²) in [6.07, 6.45) is 3.27. The number of amides is 1. The number of anilines is 1. The fourth-order valence-corrected chi connectivity index (χ4v) is 2.69. The van der Waals surface area contributed by atoms with Gasteiger partial charge in [0, 0.05) is 5.69 Å². The van der Waals surface area contributed by atoms with Gasteiger partial charge in [0.25, 0.3) is 5.91 Å². The Hall–Kier alpha value is -3.08. The highest BCUT2D eigenvalue weighted by Crippen LogP contribution is 2.21. The summed E-state index contributed by atoms with van der Waals surface area (Å²) in [7, 11) is 0. The first kappa shape index (κ1) is 19.2. The van der Waals surface area contributed by atoms with E-state index in [1.807, 2.05) is 38.1 Å². The molecule has 0 aliphatic carbocycles. The zero-order chi connectivity index (χ0) is 18.9. The van der Waals surface area contributed by atoms with Crippen LogP contribution >= 0.6 is 0 Å². The van der Waals surface area contributed by atoms with Crippen molar-refractivity contribution in [2.75, 3.05) is 18.5 Å². The zero-order valence-corrected chi connectivity index (χ0v) is 15.5. The van der Waals surface area contributed by atoms with Crippen molar-refractivity contribution < 1.29 is 9.53 Å². The first-order valence-electron chi connectivity index (χ1n) is 8.47. The number of carbonyl (C=O) groups excluding carboxylic acids is 1. The minimum Gasteiger partial charge on any atom is -0.490 e. The zero-order valence-electron chi connectivity index (χ0n) is 15.5. The van der Waals surface area contributed by atoms with Gasteiger partial charge in [0.1, 0.15) is 12.4 Å². The van der Waals surface area contributed by atoms with Crippen LogP contribution in [0.4, 0.5) is 5.69 Å². The first-order chi connectivity index (χ1) is 12.5. The third-order valence-corrected chi connectivity index (χ3v) is 3.73. The summed E-state index contributed by atoms with van der Waals surface area (Å²) < 4.78 is 5.46. The maximum Gasteiger partial charge on any atom is 0.259 e. The van der Waals surface area contributed by atoms with E-state index in [0.717, 1.165) is 28.1 Å². The Labute approximate surface area is 154 Å². The third kappa shape index (κ3) is 5.77. The molecule has 0 unspecified atom stereocenters. The third-order valence-electron chi connectivity index (χ3n) is 3.73. The number of ether oxygens (including phenoxy) is 1. The summed E-state index contributed by atoms with van der Waals surface area (Å²) in [4.78, 5) is 12.0. The number of hydrogen-bond acceptors (Lipinski definition) is 4. The van der Waals surface area contributed by atoms with Crippen LogP contribution in [0.5, 0.6) is 5.75 Å². The van der Waals surface area contributed by atoms with Gasteiger partial charge in [0.2, 0.25) is 0 Å². The van der Waals surface area contributed by atoms with Gasteiger partial charge in [-0.3, -0.25) is 4.79 Å². The highest BCUT2D eigenvalue weighted by atomic mass is 16.5. The van der Waals surface area contributed by atoms with E-state index < -0.39 is 0 Å². The highest BCUT2D eigenvalue weighted by molar-refractivity contribution is 5.84. The number of benzene rings is 2. The van der Waals surface area contributed by atoms with Crippen LogP contribution in [0.2, 0.25) is 0 Å². The fraction of sp³-hybridized carbons (Fsp3) is 0.238. The van der Waals surface area contributed by atoms with Crippen molar-refractivity contribution in [3.8, 4) is 5.75 Å². The summed E-state index contributed by atoms with van der Waals surface area (Å²) in [6, 6.07) is 11.6. The molecule has 0 aliphatic rings. The molecule has 0 fully saturated rings. The molecule has 0 saturated heterocycles. The number of nitrogens with zero attached hydrogens (tertiary/aromatic N) is 1. The number of aryl methyl sites for hydroxylation is 3. The van der Waals surface area contributed by atoms with Gasteiger partial charge in [-0.1, -0.05) is 42.5 Å². The van der Waals surface area contributed by atoms with E-state index >= 15 is 0 Å². The molecule has 0 heterocycles. The number of rotatable bonds is 8. The molecule has 0 atom stereocenters. The van der Waals surface area contributed by atoms with E-state index in [-0.39, 0.29) is 12.5 Å². The predicted molar refractivity (Wildman–Crippen MR) is 107 cm³/mol. The molecule has 0 bridgehead atoms. The van der Waals surface area contributed by atoms with Gasteiger partial charge in [0.15, 0.2) is 0 Å². The van der Waals surface area contributed by atoms with Crippen molar-refractivity contribution in [1.82, 2.24) is 5.43 Å². The molecule has 1 amide bonds. The second-order valence-corrected chi connectivity index (χ2v) is 6.09. The average molecular weight is 351 g/mol. The molecule has 2 aromatic rings. The van der Waals surface area contributed by atoms with Gasteiger partial charge in [0.05, 0.1) is 12.8 Å². The van der Waals surface area contributed by atoms with Crippen LogP contribution in [0.1, 0.15) is 22.3 Å². The van der Waals surface area contributed by atoms with Gasteiger partial charge >= 0.3 is 0 Å². The van der Waals surface area contributed by atoms with Crippen molar-refractivity contribution in [1.29, 1.82) is 0 Å². The number of carbonyl (C=O) groups is 1. The molecule has 5 heteroatoms. The van der Waals surface area contributed by atoms with E-state index in [2.05, 4.69) is 41.5 Å². The second kappa shape index (κ2) is 9.42. The van der Waals surface area contributed by atoms with Crippen molar-refractivity contribution in [2.45, 2.75) is 20.8 Å². The van der Waals surface area contributed by atoms with Gasteiger partial charge in [-0.25, -0.2) is 5.43 Å². The van der Waals surface area contributed by atoms with E-state index in [0.29, 0.717) is 6.61 Å². The molecule has 0 radical (unpaired) electrons. The first-order valence-corrected chi connectivity index (χ1v) is 8.47. The van der Waals surface area contributed by atoms with Gasteiger partial charge in [-0.15, -0.1) is 0 Å². The molecular weight excluding hydrogens is 326 g/mol. The Morgan fingerprint density at radius 1 is 1.19 bits per heavy atom. The Morgan fingerprint density at radius 3 is 2.62 bits per heavy atom. The van der Waals surface area contributed by atoms with Crippen LogP contribution in [0, 0.1) is 20.8 Å². The summed E-state index contributed by atoms with van der Waals surface area (Å²) in [5.41, 5.74) is 7.80. The van der Waals surface area contributed by atoms with Crippen molar-refractivity contribution in [3.63, 3.8) is 0 Å². The van der Waals surface area contributed by atoms with Crippen LogP contribution in [-0.4, -0.2) is 25.3 Å². The second-order valence-electron chi connectivity index (χ2n) is 6.09. The largest absolute Gasteiger partial charge is 0.490 e. The molecule has 26 heavy (non-hydrogen) atoms. The summed E-state index contributed by atoms with van der Waals surface area (Å²) in [5.74, 6) is 0.520. The number of hydrogen-bond donors (Lipinski definition) is 2. The summed E-state index contributed by atoms with van der Waals surface area (Å²) in [6.45, 7) is 10.3. The smallest absolute Gasteiger partial charge is 0.259 e. The van der Waals surface area contributed by atoms with E-state index in [4.69, 9.17) is 4.74 Å². The average Bonchev–Trinajstić information content (AvgIpc) is 2.59. The Balaban J connectivity index is 1.87. The van der Waals surface area contributed by atoms with Crippen molar-refractivity contribution >= 4 is 17.8 Å². The molecule has 0 aromatic heterocycles. The van der Waals surface area contributed by atoms with E-state index in [9.17, 15) is 4.79 Å². The maximum absolute atomic E-state index is 12.0. The summed E-state index contributed by atoms with van der Waals surface area (Å²) >= 11 is 0. The Bertz CT molecular complexity index is 790. The fourth-order valence-electron chi connectivity index (χ4n) is 2.69. The molecule has 0 aliphatic heterocycles. The van der Waals surface area contributed by atoms with Crippen LogP contribution in [0.15, 0.2) is 54.2 Å². The maximum atomic E-state index is 12.0. The lowest BCUT2D eigenvalue weighted by Gasteiger charge is -2.13.